The predicted molar refractivity (Wildman–Crippen MR) is 106 cm³/mol. The molecule has 2 heterocycles. The zero-order valence-corrected chi connectivity index (χ0v) is 17.0. The van der Waals surface area contributed by atoms with Gasteiger partial charge in [-0.3, -0.25) is 4.79 Å². The first-order valence-electron chi connectivity index (χ1n) is 8.95. The number of halogens is 1. The fourth-order valence-corrected chi connectivity index (χ4v) is 5.22. The molecule has 0 saturated carbocycles. The Hall–Kier alpha value is -2.43. The van der Waals surface area contributed by atoms with Crippen molar-refractivity contribution in [2.45, 2.75) is 10.1 Å². The third kappa shape index (κ3) is 4.29. The Labute approximate surface area is 171 Å². The number of hydrogen-bond acceptors (Lipinski definition) is 6. The van der Waals surface area contributed by atoms with Crippen LogP contribution < -0.4 is 0 Å². The third-order valence-corrected chi connectivity index (χ3v) is 7.36. The Morgan fingerprint density at radius 1 is 1.07 bits per heavy atom. The van der Waals surface area contributed by atoms with Crippen molar-refractivity contribution in [3.8, 4) is 0 Å². The average molecular weight is 436 g/mol. The molecular formula is C19H18FN3O4S2. The summed E-state index contributed by atoms with van der Waals surface area (Å²) in [6.07, 6.45) is 0. The lowest BCUT2D eigenvalue weighted by Gasteiger charge is -2.33. The van der Waals surface area contributed by atoms with Gasteiger partial charge in [-0.25, -0.2) is 17.8 Å². The van der Waals surface area contributed by atoms with Gasteiger partial charge in [-0.15, -0.1) is 0 Å². The minimum absolute atomic E-state index is 0.0465. The molecule has 1 saturated heterocycles. The van der Waals surface area contributed by atoms with Gasteiger partial charge in [-0.2, -0.15) is 4.31 Å². The maximum atomic E-state index is 13.0. The van der Waals surface area contributed by atoms with Crippen LogP contribution in [0.2, 0.25) is 0 Å². The maximum absolute atomic E-state index is 13.0. The molecule has 1 aliphatic rings. The minimum Gasteiger partial charge on any atom is -0.431 e. The van der Waals surface area contributed by atoms with Gasteiger partial charge in [-0.1, -0.05) is 23.9 Å². The van der Waals surface area contributed by atoms with Crippen LogP contribution >= 0.6 is 11.8 Å². The quantitative estimate of drug-likeness (QED) is 0.573. The third-order valence-electron chi connectivity index (χ3n) is 4.64. The predicted octanol–water partition coefficient (Wildman–Crippen LogP) is 2.59. The highest BCUT2D eigenvalue weighted by Gasteiger charge is 2.30. The first-order valence-corrected chi connectivity index (χ1v) is 11.4. The van der Waals surface area contributed by atoms with Crippen LogP contribution in [0.15, 0.2) is 63.1 Å². The Bertz CT molecular complexity index is 1090. The van der Waals surface area contributed by atoms with Gasteiger partial charge in [-0.05, 0) is 36.4 Å². The SMILES string of the molecule is O=C(CSc1nc2ccccc2o1)N1CCN(S(=O)(=O)c2ccc(F)cc2)CC1. The molecule has 10 heteroatoms. The molecule has 152 valence electrons. The Morgan fingerprint density at radius 3 is 2.45 bits per heavy atom. The maximum Gasteiger partial charge on any atom is 0.257 e. The number of sulfonamides is 1. The number of para-hydroxylation sites is 2. The van der Waals surface area contributed by atoms with Crippen molar-refractivity contribution in [3.05, 3.63) is 54.3 Å². The van der Waals surface area contributed by atoms with Crippen molar-refractivity contribution in [3.63, 3.8) is 0 Å². The van der Waals surface area contributed by atoms with E-state index in [0.29, 0.717) is 23.9 Å². The van der Waals surface area contributed by atoms with Crippen LogP contribution in [0, 0.1) is 5.82 Å². The van der Waals surface area contributed by atoms with E-state index in [2.05, 4.69) is 4.98 Å². The average Bonchev–Trinajstić information content (AvgIpc) is 3.15. The highest BCUT2D eigenvalue weighted by atomic mass is 32.2. The van der Waals surface area contributed by atoms with E-state index < -0.39 is 15.8 Å². The van der Waals surface area contributed by atoms with E-state index in [1.54, 1.807) is 4.90 Å². The molecule has 0 N–H and O–H groups in total. The van der Waals surface area contributed by atoms with Crippen LogP contribution in [-0.2, 0) is 14.8 Å². The molecule has 0 atom stereocenters. The number of benzene rings is 2. The lowest BCUT2D eigenvalue weighted by Crippen LogP contribution is -2.50. The Balaban J connectivity index is 1.32. The molecule has 0 bridgehead atoms. The number of nitrogens with zero attached hydrogens (tertiary/aromatic N) is 3. The van der Waals surface area contributed by atoms with E-state index in [9.17, 15) is 17.6 Å². The van der Waals surface area contributed by atoms with E-state index in [4.69, 9.17) is 4.42 Å². The van der Waals surface area contributed by atoms with Crippen LogP contribution in [0.4, 0.5) is 4.39 Å². The summed E-state index contributed by atoms with van der Waals surface area (Å²) in [5, 5.41) is 0.428. The second-order valence-electron chi connectivity index (χ2n) is 6.47. The van der Waals surface area contributed by atoms with Crippen LogP contribution in [0.25, 0.3) is 11.1 Å². The van der Waals surface area contributed by atoms with Gasteiger partial charge in [0.15, 0.2) is 5.58 Å². The van der Waals surface area contributed by atoms with Crippen LogP contribution in [0.1, 0.15) is 0 Å². The molecule has 3 aromatic rings. The number of amides is 1. The molecule has 7 nitrogen and oxygen atoms in total. The van der Waals surface area contributed by atoms with Crippen molar-refractivity contribution in [1.29, 1.82) is 0 Å². The molecule has 1 aliphatic heterocycles. The molecule has 0 radical (unpaired) electrons. The zero-order valence-electron chi connectivity index (χ0n) is 15.3. The van der Waals surface area contributed by atoms with Crippen LogP contribution in [-0.4, -0.2) is 60.4 Å². The number of carbonyl (C=O) groups is 1. The number of rotatable bonds is 5. The largest absolute Gasteiger partial charge is 0.431 e. The van der Waals surface area contributed by atoms with E-state index in [1.807, 2.05) is 24.3 Å². The van der Waals surface area contributed by atoms with Gasteiger partial charge < -0.3 is 9.32 Å². The van der Waals surface area contributed by atoms with Gasteiger partial charge in [0.2, 0.25) is 15.9 Å². The highest BCUT2D eigenvalue weighted by Crippen LogP contribution is 2.24. The molecule has 0 unspecified atom stereocenters. The van der Waals surface area contributed by atoms with Crippen molar-refractivity contribution in [2.24, 2.45) is 0 Å². The molecule has 29 heavy (non-hydrogen) atoms. The Morgan fingerprint density at radius 2 is 1.76 bits per heavy atom. The number of thioether (sulfide) groups is 1. The van der Waals surface area contributed by atoms with Gasteiger partial charge in [0, 0.05) is 26.2 Å². The van der Waals surface area contributed by atoms with Gasteiger partial charge in [0.05, 0.1) is 10.6 Å². The summed E-state index contributed by atoms with van der Waals surface area (Å²) in [5.41, 5.74) is 1.41. The molecule has 1 amide bonds. The van der Waals surface area contributed by atoms with Crippen molar-refractivity contribution in [1.82, 2.24) is 14.2 Å². The van der Waals surface area contributed by atoms with Gasteiger partial charge in [0.1, 0.15) is 11.3 Å². The number of piperazine rings is 1. The summed E-state index contributed by atoms with van der Waals surface area (Å²) in [4.78, 5) is 18.5. The van der Waals surface area contributed by atoms with Crippen molar-refractivity contribution < 1.29 is 22.0 Å². The number of fused-ring (bicyclic) bond motifs is 1. The monoisotopic (exact) mass is 435 g/mol. The summed E-state index contributed by atoms with van der Waals surface area (Å²) in [6, 6.07) is 12.1. The summed E-state index contributed by atoms with van der Waals surface area (Å²) in [6.45, 7) is 0.985. The smallest absolute Gasteiger partial charge is 0.257 e. The normalized spacial score (nSPS) is 15.7. The highest BCUT2D eigenvalue weighted by molar-refractivity contribution is 7.99. The first kappa shape index (κ1) is 19.9. The number of hydrogen-bond donors (Lipinski definition) is 0. The minimum atomic E-state index is -3.70. The number of oxazole rings is 1. The first-order chi connectivity index (χ1) is 13.9. The lowest BCUT2D eigenvalue weighted by molar-refractivity contribution is -0.129. The molecular weight excluding hydrogens is 417 g/mol. The zero-order chi connectivity index (χ0) is 20.4. The van der Waals surface area contributed by atoms with E-state index in [0.717, 1.165) is 17.6 Å². The molecule has 4 rings (SSSR count). The lowest BCUT2D eigenvalue weighted by atomic mass is 10.3. The van der Waals surface area contributed by atoms with E-state index in [-0.39, 0.29) is 29.6 Å². The summed E-state index contributed by atoms with van der Waals surface area (Å²) < 4.78 is 45.2. The summed E-state index contributed by atoms with van der Waals surface area (Å²) in [5.74, 6) is -0.427. The molecule has 0 aliphatic carbocycles. The topological polar surface area (TPSA) is 83.7 Å². The van der Waals surface area contributed by atoms with Crippen molar-refractivity contribution in [2.75, 3.05) is 31.9 Å². The summed E-state index contributed by atoms with van der Waals surface area (Å²) >= 11 is 1.22. The van der Waals surface area contributed by atoms with Gasteiger partial charge >= 0.3 is 0 Å². The molecule has 0 spiro atoms. The summed E-state index contributed by atoms with van der Waals surface area (Å²) in [7, 11) is -3.70. The standard InChI is InChI=1S/C19H18FN3O4S2/c20-14-5-7-15(8-6-14)29(25,26)23-11-9-22(10-12-23)18(24)13-28-19-21-16-3-1-2-4-17(16)27-19/h1-8H,9-13H2. The van der Waals surface area contributed by atoms with Crippen molar-refractivity contribution >= 4 is 38.8 Å². The second kappa shape index (κ2) is 8.13. The molecule has 1 fully saturated rings. The molecule has 2 aromatic carbocycles. The fourth-order valence-electron chi connectivity index (χ4n) is 3.06. The van der Waals surface area contributed by atoms with Crippen LogP contribution in [0.3, 0.4) is 0 Å². The second-order valence-corrected chi connectivity index (χ2v) is 9.34. The number of carbonyl (C=O) groups excluding carboxylic acids is 1. The van der Waals surface area contributed by atoms with E-state index >= 15 is 0 Å². The number of aromatic nitrogens is 1. The van der Waals surface area contributed by atoms with Crippen LogP contribution in [0.5, 0.6) is 0 Å². The van der Waals surface area contributed by atoms with E-state index in [1.165, 1.54) is 28.2 Å². The Kier molecular flexibility index (Phi) is 5.57. The molecule has 1 aromatic heterocycles. The van der Waals surface area contributed by atoms with Gasteiger partial charge in [0.25, 0.3) is 5.22 Å². The fraction of sp³-hybridized carbons (Fsp3) is 0.263.